The summed E-state index contributed by atoms with van der Waals surface area (Å²) in [5.74, 6) is -0.350. The molecule has 0 amide bonds. The second kappa shape index (κ2) is 7.40. The second-order valence-electron chi connectivity index (χ2n) is 5.26. The van der Waals surface area contributed by atoms with Crippen LogP contribution in [0.25, 0.3) is 0 Å². The van der Waals surface area contributed by atoms with Gasteiger partial charge in [0.25, 0.3) is 5.43 Å². The van der Waals surface area contributed by atoms with Gasteiger partial charge < -0.3 is 9.64 Å². The van der Waals surface area contributed by atoms with Crippen molar-refractivity contribution in [2.75, 3.05) is 14.1 Å². The van der Waals surface area contributed by atoms with Crippen molar-refractivity contribution in [2.24, 2.45) is 7.05 Å². The molecule has 23 heavy (non-hydrogen) atoms. The highest BCUT2D eigenvalue weighted by Gasteiger charge is 2.15. The summed E-state index contributed by atoms with van der Waals surface area (Å²) in [5.41, 5.74) is 0.273. The molecule has 0 unspecified atom stereocenters. The highest BCUT2D eigenvalue weighted by Crippen LogP contribution is 2.08. The van der Waals surface area contributed by atoms with Crippen molar-refractivity contribution >= 4 is 5.78 Å². The zero-order valence-electron chi connectivity index (χ0n) is 13.4. The molecule has 0 aliphatic carbocycles. The number of hydrogen-bond acceptors (Lipinski definition) is 5. The van der Waals surface area contributed by atoms with Crippen LogP contribution in [-0.2, 0) is 13.7 Å². The van der Waals surface area contributed by atoms with E-state index in [-0.39, 0.29) is 18.1 Å². The number of hydrogen-bond donors (Lipinski definition) is 0. The van der Waals surface area contributed by atoms with Gasteiger partial charge in [0.1, 0.15) is 6.61 Å². The first-order chi connectivity index (χ1) is 11.0. The van der Waals surface area contributed by atoms with E-state index < -0.39 is 11.2 Å². The van der Waals surface area contributed by atoms with Crippen LogP contribution < -0.4 is 10.2 Å². The molecule has 0 atom stereocenters. The van der Waals surface area contributed by atoms with E-state index in [4.69, 9.17) is 4.74 Å². The Morgan fingerprint density at radius 3 is 2.65 bits per heavy atom. The van der Waals surface area contributed by atoms with Crippen LogP contribution in [-0.4, -0.2) is 34.6 Å². The molecule has 0 aliphatic rings. The Labute approximate surface area is 134 Å². The third-order valence-corrected chi connectivity index (χ3v) is 3.00. The molecule has 0 fully saturated rings. The van der Waals surface area contributed by atoms with Gasteiger partial charge in [0.15, 0.2) is 11.4 Å². The van der Waals surface area contributed by atoms with Gasteiger partial charge in [-0.3, -0.25) is 14.3 Å². The summed E-state index contributed by atoms with van der Waals surface area (Å²) in [6.45, 7) is 0.251. The lowest BCUT2D eigenvalue weighted by molar-refractivity contribution is 0.103. The van der Waals surface area contributed by atoms with Crippen LogP contribution >= 0.6 is 0 Å². The third kappa shape index (κ3) is 4.54. The number of ether oxygens (including phenoxy) is 1. The number of allylic oxidation sites excluding steroid dienone is 1. The fourth-order valence-electron chi connectivity index (χ4n) is 1.87. The molecule has 0 spiro atoms. The third-order valence-electron chi connectivity index (χ3n) is 3.00. The summed E-state index contributed by atoms with van der Waals surface area (Å²) in [7, 11) is 5.21. The number of aromatic nitrogens is 2. The van der Waals surface area contributed by atoms with Gasteiger partial charge in [-0.15, -0.1) is 0 Å². The molecule has 1 aromatic carbocycles. The van der Waals surface area contributed by atoms with E-state index in [1.54, 1.807) is 32.2 Å². The monoisotopic (exact) mass is 313 g/mol. The molecule has 0 saturated carbocycles. The summed E-state index contributed by atoms with van der Waals surface area (Å²) in [6, 6.07) is 9.49. The molecule has 6 heteroatoms. The number of benzene rings is 1. The Morgan fingerprint density at radius 2 is 2.00 bits per heavy atom. The fraction of sp³-hybridized carbons (Fsp3) is 0.235. The van der Waals surface area contributed by atoms with Gasteiger partial charge in [0.2, 0.25) is 5.78 Å². The largest absolute Gasteiger partial charge is 0.483 e. The zero-order valence-corrected chi connectivity index (χ0v) is 13.4. The quantitative estimate of drug-likeness (QED) is 0.599. The van der Waals surface area contributed by atoms with E-state index in [0.29, 0.717) is 0 Å². The van der Waals surface area contributed by atoms with Crippen LogP contribution in [0, 0.1) is 0 Å². The average Bonchev–Trinajstić information content (AvgIpc) is 2.54. The minimum Gasteiger partial charge on any atom is -0.483 e. The summed E-state index contributed by atoms with van der Waals surface area (Å²) in [4.78, 5) is 26.2. The zero-order chi connectivity index (χ0) is 16.8. The van der Waals surface area contributed by atoms with E-state index in [2.05, 4.69) is 5.10 Å². The van der Waals surface area contributed by atoms with Gasteiger partial charge in [-0.05, 0) is 5.56 Å². The second-order valence-corrected chi connectivity index (χ2v) is 5.26. The van der Waals surface area contributed by atoms with Crippen LogP contribution in [0.1, 0.15) is 16.1 Å². The van der Waals surface area contributed by atoms with Gasteiger partial charge in [-0.2, -0.15) is 5.10 Å². The molecule has 0 bridgehead atoms. The highest BCUT2D eigenvalue weighted by atomic mass is 16.5. The lowest BCUT2D eigenvalue weighted by Gasteiger charge is -2.08. The molecule has 2 aromatic rings. The predicted molar refractivity (Wildman–Crippen MR) is 87.4 cm³/mol. The molecular weight excluding hydrogens is 294 g/mol. The van der Waals surface area contributed by atoms with E-state index in [9.17, 15) is 9.59 Å². The Kier molecular flexibility index (Phi) is 5.30. The number of ketones is 1. The summed E-state index contributed by atoms with van der Waals surface area (Å²) >= 11 is 0. The highest BCUT2D eigenvalue weighted by molar-refractivity contribution is 6.02. The van der Waals surface area contributed by atoms with Gasteiger partial charge >= 0.3 is 0 Å². The minimum absolute atomic E-state index is 0.105. The van der Waals surface area contributed by atoms with Crippen molar-refractivity contribution < 1.29 is 9.53 Å². The van der Waals surface area contributed by atoms with Crippen molar-refractivity contribution in [2.45, 2.75) is 6.61 Å². The average molecular weight is 313 g/mol. The predicted octanol–water partition coefficient (Wildman–Crippen LogP) is 1.62. The van der Waals surface area contributed by atoms with Gasteiger partial charge in [0.05, 0.1) is 6.20 Å². The standard InChI is InChI=1S/C17H19N3O3/c1-19(2)10-9-14(21)16-17(22)15(11-20(3)18-16)23-12-13-7-5-4-6-8-13/h4-11H,12H2,1-3H3/b10-9+. The number of nitrogens with zero attached hydrogens (tertiary/aromatic N) is 3. The molecule has 2 rings (SSSR count). The van der Waals surface area contributed by atoms with Crippen molar-refractivity contribution in [3.05, 3.63) is 70.3 Å². The molecule has 1 heterocycles. The van der Waals surface area contributed by atoms with Crippen molar-refractivity contribution in [1.82, 2.24) is 14.7 Å². The number of carbonyl (C=O) groups excluding carboxylic acids is 1. The number of rotatable bonds is 6. The van der Waals surface area contributed by atoms with Crippen molar-refractivity contribution in [1.29, 1.82) is 0 Å². The first-order valence-electron chi connectivity index (χ1n) is 7.11. The Hall–Kier alpha value is -2.89. The fourth-order valence-corrected chi connectivity index (χ4v) is 1.87. The van der Waals surface area contributed by atoms with Gasteiger partial charge in [-0.1, -0.05) is 30.3 Å². The van der Waals surface area contributed by atoms with Crippen LogP contribution in [0.5, 0.6) is 5.75 Å². The summed E-state index contributed by atoms with van der Waals surface area (Å²) in [6.07, 6.45) is 4.35. The Balaban J connectivity index is 2.24. The molecule has 0 radical (unpaired) electrons. The van der Waals surface area contributed by atoms with E-state index in [1.807, 2.05) is 30.3 Å². The van der Waals surface area contributed by atoms with Crippen molar-refractivity contribution in [3.8, 4) is 5.75 Å². The van der Waals surface area contributed by atoms with Gasteiger partial charge in [-0.25, -0.2) is 0 Å². The molecular formula is C17H19N3O3. The first-order valence-corrected chi connectivity index (χ1v) is 7.11. The molecule has 0 aliphatic heterocycles. The summed E-state index contributed by atoms with van der Waals surface area (Å²) in [5, 5.41) is 3.97. The maximum absolute atomic E-state index is 12.4. The lowest BCUT2D eigenvalue weighted by Crippen LogP contribution is -2.22. The van der Waals surface area contributed by atoms with E-state index in [0.717, 1.165) is 5.56 Å². The lowest BCUT2D eigenvalue weighted by atomic mass is 10.2. The SMILES string of the molecule is CN(C)/C=C/C(=O)c1nn(C)cc(OCc2ccccc2)c1=O. The Bertz CT molecular complexity index is 764. The number of carbonyl (C=O) groups is 1. The van der Waals surface area contributed by atoms with E-state index in [1.165, 1.54) is 17.0 Å². The normalized spacial score (nSPS) is 10.7. The summed E-state index contributed by atoms with van der Waals surface area (Å²) < 4.78 is 6.96. The molecule has 1 aromatic heterocycles. The molecule has 0 saturated heterocycles. The minimum atomic E-state index is -0.507. The molecule has 6 nitrogen and oxygen atoms in total. The first kappa shape index (κ1) is 16.5. The van der Waals surface area contributed by atoms with E-state index >= 15 is 0 Å². The number of aryl methyl sites for hydroxylation is 1. The maximum Gasteiger partial charge on any atom is 0.253 e. The maximum atomic E-state index is 12.4. The molecule has 0 N–H and O–H groups in total. The smallest absolute Gasteiger partial charge is 0.253 e. The van der Waals surface area contributed by atoms with Crippen LogP contribution in [0.3, 0.4) is 0 Å². The molecule has 120 valence electrons. The van der Waals surface area contributed by atoms with Crippen LogP contribution in [0.15, 0.2) is 53.6 Å². The van der Waals surface area contributed by atoms with Crippen molar-refractivity contribution in [3.63, 3.8) is 0 Å². The van der Waals surface area contributed by atoms with Crippen LogP contribution in [0.4, 0.5) is 0 Å². The van der Waals surface area contributed by atoms with Gasteiger partial charge in [0, 0.05) is 33.4 Å². The Morgan fingerprint density at radius 1 is 1.30 bits per heavy atom. The van der Waals surface area contributed by atoms with Crippen LogP contribution in [0.2, 0.25) is 0 Å². The topological polar surface area (TPSA) is 64.4 Å².